The maximum absolute atomic E-state index is 12.0. The zero-order valence-electron chi connectivity index (χ0n) is 10.0. The fourth-order valence-corrected chi connectivity index (χ4v) is 2.49. The van der Waals surface area contributed by atoms with Gasteiger partial charge in [-0.15, -0.1) is 11.3 Å². The number of benzene rings is 1. The van der Waals surface area contributed by atoms with Gasteiger partial charge in [-0.25, -0.2) is 0 Å². The van der Waals surface area contributed by atoms with Gasteiger partial charge in [0.1, 0.15) is 6.07 Å². The number of nitrogens with zero attached hydrogens (tertiary/aromatic N) is 1. The molecule has 6 heteroatoms. The number of nitriles is 1. The molecule has 0 saturated heterocycles. The predicted octanol–water partition coefficient (Wildman–Crippen LogP) is 3.42. The molecule has 1 aromatic heterocycles. The number of carbonyl (C=O) groups is 1. The second-order valence-electron chi connectivity index (χ2n) is 3.88. The van der Waals surface area contributed by atoms with Crippen LogP contribution in [0.25, 0.3) is 0 Å². The minimum absolute atomic E-state index is 0.254. The van der Waals surface area contributed by atoms with E-state index < -0.39 is 0 Å². The molecule has 19 heavy (non-hydrogen) atoms. The molecule has 2 rings (SSSR count). The minimum atomic E-state index is -0.254. The second kappa shape index (κ2) is 5.31. The van der Waals surface area contributed by atoms with Gasteiger partial charge in [-0.3, -0.25) is 4.79 Å². The van der Waals surface area contributed by atoms with E-state index in [2.05, 4.69) is 5.32 Å². The molecule has 3 N–H and O–H groups in total. The second-order valence-corrected chi connectivity index (χ2v) is 5.55. The number of hydrogen-bond donors (Lipinski definition) is 2. The van der Waals surface area contributed by atoms with Crippen molar-refractivity contribution in [2.75, 3.05) is 11.1 Å². The summed E-state index contributed by atoms with van der Waals surface area (Å²) in [5, 5.41) is 11.9. The van der Waals surface area contributed by atoms with Crippen LogP contribution in [0, 0.1) is 18.3 Å². The van der Waals surface area contributed by atoms with Crippen molar-refractivity contribution in [2.45, 2.75) is 6.92 Å². The van der Waals surface area contributed by atoms with Gasteiger partial charge in [0.15, 0.2) is 0 Å². The lowest BCUT2D eigenvalue weighted by Gasteiger charge is -2.04. The Bertz CT molecular complexity index is 668. The van der Waals surface area contributed by atoms with Crippen molar-refractivity contribution >= 4 is 40.2 Å². The average molecular weight is 292 g/mol. The number of anilines is 2. The molecule has 0 aliphatic rings. The molecule has 0 unspecified atom stereocenters. The van der Waals surface area contributed by atoms with Crippen LogP contribution in [0.4, 0.5) is 11.4 Å². The first-order valence-electron chi connectivity index (χ1n) is 5.38. The van der Waals surface area contributed by atoms with Gasteiger partial charge in [0, 0.05) is 16.3 Å². The predicted molar refractivity (Wildman–Crippen MR) is 77.6 cm³/mol. The van der Waals surface area contributed by atoms with Crippen molar-refractivity contribution in [3.8, 4) is 6.07 Å². The van der Waals surface area contributed by atoms with Gasteiger partial charge in [0.2, 0.25) is 0 Å². The molecule has 0 aliphatic carbocycles. The average Bonchev–Trinajstić information content (AvgIpc) is 2.72. The summed E-state index contributed by atoms with van der Waals surface area (Å²) in [5.41, 5.74) is 7.15. The van der Waals surface area contributed by atoms with Crippen LogP contribution < -0.4 is 11.1 Å². The molecule has 4 nitrogen and oxygen atoms in total. The molecular formula is C13H10ClN3OS. The third-order valence-corrected chi connectivity index (χ3v) is 3.92. The van der Waals surface area contributed by atoms with Crippen LogP contribution in [0.15, 0.2) is 24.3 Å². The Kier molecular flexibility index (Phi) is 3.74. The molecule has 0 spiro atoms. The van der Waals surface area contributed by atoms with Gasteiger partial charge < -0.3 is 11.1 Å². The monoisotopic (exact) mass is 291 g/mol. The van der Waals surface area contributed by atoms with Crippen molar-refractivity contribution in [3.63, 3.8) is 0 Å². The SMILES string of the molecule is Cc1sc(C(=O)Nc2ccc(Cl)c(C#N)c2)cc1N. The molecule has 0 radical (unpaired) electrons. The molecule has 1 heterocycles. The van der Waals surface area contributed by atoms with E-state index in [0.717, 1.165) is 4.88 Å². The number of thiophene rings is 1. The number of halogens is 1. The third kappa shape index (κ3) is 2.87. The number of aryl methyl sites for hydroxylation is 1. The Morgan fingerprint density at radius 2 is 2.21 bits per heavy atom. The quantitative estimate of drug-likeness (QED) is 0.890. The summed E-state index contributed by atoms with van der Waals surface area (Å²) in [6.07, 6.45) is 0. The van der Waals surface area contributed by atoms with Crippen molar-refractivity contribution in [1.29, 1.82) is 5.26 Å². The van der Waals surface area contributed by atoms with Crippen molar-refractivity contribution in [2.24, 2.45) is 0 Å². The lowest BCUT2D eigenvalue weighted by atomic mass is 10.2. The van der Waals surface area contributed by atoms with Gasteiger partial charge in [-0.1, -0.05) is 11.6 Å². The summed E-state index contributed by atoms with van der Waals surface area (Å²) in [6, 6.07) is 8.35. The maximum atomic E-state index is 12.0. The molecule has 1 amide bonds. The Hall–Kier alpha value is -2.03. The zero-order valence-corrected chi connectivity index (χ0v) is 11.6. The number of rotatable bonds is 2. The summed E-state index contributed by atoms with van der Waals surface area (Å²) in [4.78, 5) is 13.4. The van der Waals surface area contributed by atoms with E-state index in [4.69, 9.17) is 22.6 Å². The van der Waals surface area contributed by atoms with Gasteiger partial charge in [0.25, 0.3) is 5.91 Å². The lowest BCUT2D eigenvalue weighted by molar-refractivity contribution is 0.103. The first-order valence-corrected chi connectivity index (χ1v) is 6.57. The van der Waals surface area contributed by atoms with E-state index in [9.17, 15) is 4.79 Å². The maximum Gasteiger partial charge on any atom is 0.265 e. The molecule has 0 saturated carbocycles. The van der Waals surface area contributed by atoms with Gasteiger partial charge in [0.05, 0.1) is 15.5 Å². The van der Waals surface area contributed by atoms with E-state index in [1.54, 1.807) is 18.2 Å². The van der Waals surface area contributed by atoms with Crippen LogP contribution in [-0.2, 0) is 0 Å². The highest BCUT2D eigenvalue weighted by atomic mass is 35.5. The van der Waals surface area contributed by atoms with E-state index in [-0.39, 0.29) is 5.91 Å². The number of hydrogen-bond acceptors (Lipinski definition) is 4. The number of nitrogens with one attached hydrogen (secondary N) is 1. The highest BCUT2D eigenvalue weighted by molar-refractivity contribution is 7.14. The molecule has 0 atom stereocenters. The molecule has 2 aromatic rings. The van der Waals surface area contributed by atoms with Gasteiger partial charge >= 0.3 is 0 Å². The minimum Gasteiger partial charge on any atom is -0.398 e. The summed E-state index contributed by atoms with van der Waals surface area (Å²) in [6.45, 7) is 1.85. The standard InChI is InChI=1S/C13H10ClN3OS/c1-7-11(16)5-12(19-7)13(18)17-9-2-3-10(14)8(4-9)6-15/h2-5H,16H2,1H3,(H,17,18). The van der Waals surface area contributed by atoms with Crippen molar-refractivity contribution < 1.29 is 4.79 Å². The molecule has 96 valence electrons. The fraction of sp³-hybridized carbons (Fsp3) is 0.0769. The van der Waals surface area contributed by atoms with Gasteiger partial charge in [-0.2, -0.15) is 5.26 Å². The molecule has 0 aliphatic heterocycles. The van der Waals surface area contributed by atoms with Crippen LogP contribution >= 0.6 is 22.9 Å². The highest BCUT2D eigenvalue weighted by Crippen LogP contribution is 2.25. The Morgan fingerprint density at radius 1 is 1.47 bits per heavy atom. The van der Waals surface area contributed by atoms with Crippen LogP contribution in [0.5, 0.6) is 0 Å². The Labute approximate surface area is 119 Å². The van der Waals surface area contributed by atoms with Crippen molar-refractivity contribution in [1.82, 2.24) is 0 Å². The number of nitrogen functional groups attached to an aromatic ring is 1. The van der Waals surface area contributed by atoms with E-state index in [1.165, 1.54) is 17.4 Å². The van der Waals surface area contributed by atoms with Crippen LogP contribution in [-0.4, -0.2) is 5.91 Å². The van der Waals surface area contributed by atoms with Crippen LogP contribution in [0.3, 0.4) is 0 Å². The first-order chi connectivity index (χ1) is 9.01. The number of amides is 1. The Morgan fingerprint density at radius 3 is 2.79 bits per heavy atom. The summed E-state index contributed by atoms with van der Waals surface area (Å²) >= 11 is 7.15. The summed E-state index contributed by atoms with van der Waals surface area (Å²) in [5.74, 6) is -0.254. The smallest absolute Gasteiger partial charge is 0.265 e. The molecule has 1 aromatic carbocycles. The van der Waals surface area contributed by atoms with E-state index in [0.29, 0.717) is 26.8 Å². The lowest BCUT2D eigenvalue weighted by Crippen LogP contribution is -2.10. The normalized spacial score (nSPS) is 9.95. The summed E-state index contributed by atoms with van der Waals surface area (Å²) in [7, 11) is 0. The molecule has 0 bridgehead atoms. The topological polar surface area (TPSA) is 78.9 Å². The van der Waals surface area contributed by atoms with Crippen LogP contribution in [0.2, 0.25) is 5.02 Å². The van der Waals surface area contributed by atoms with Crippen LogP contribution in [0.1, 0.15) is 20.1 Å². The van der Waals surface area contributed by atoms with Gasteiger partial charge in [-0.05, 0) is 31.2 Å². The molecule has 0 fully saturated rings. The largest absolute Gasteiger partial charge is 0.398 e. The first kappa shape index (κ1) is 13.4. The highest BCUT2D eigenvalue weighted by Gasteiger charge is 2.12. The van der Waals surface area contributed by atoms with Crippen molar-refractivity contribution in [3.05, 3.63) is 44.6 Å². The zero-order chi connectivity index (χ0) is 14.0. The number of carbonyl (C=O) groups excluding carboxylic acids is 1. The number of nitrogens with two attached hydrogens (primary N) is 1. The summed E-state index contributed by atoms with van der Waals surface area (Å²) < 4.78 is 0. The molecular weight excluding hydrogens is 282 g/mol. The van der Waals surface area contributed by atoms with E-state index in [1.807, 2.05) is 13.0 Å². The third-order valence-electron chi connectivity index (χ3n) is 2.52. The fourth-order valence-electron chi connectivity index (χ4n) is 1.49. The Balaban J connectivity index is 2.22. The van der Waals surface area contributed by atoms with E-state index >= 15 is 0 Å².